The van der Waals surface area contributed by atoms with Crippen molar-refractivity contribution in [3.63, 3.8) is 0 Å². The highest BCUT2D eigenvalue weighted by Crippen LogP contribution is 2.33. The van der Waals surface area contributed by atoms with Crippen LogP contribution in [0.25, 0.3) is 10.2 Å². The molecule has 1 aliphatic rings. The quantitative estimate of drug-likeness (QED) is 0.431. The van der Waals surface area contributed by atoms with E-state index in [0.29, 0.717) is 12.0 Å². The molecule has 32 heavy (non-hydrogen) atoms. The van der Waals surface area contributed by atoms with Crippen LogP contribution in [0.15, 0.2) is 42.0 Å². The molecule has 0 amide bonds. The van der Waals surface area contributed by atoms with E-state index >= 15 is 0 Å². The lowest BCUT2D eigenvalue weighted by Gasteiger charge is -2.28. The van der Waals surface area contributed by atoms with Crippen LogP contribution < -0.4 is 15.4 Å². The molecule has 2 N–H and O–H groups in total. The summed E-state index contributed by atoms with van der Waals surface area (Å²) in [6.45, 7) is 4.28. The SMILES string of the molecule is COc1cccc(Nc2nc(Nc3cnn(C4CCN(C)CC4)c3)nc3scc(C)c23)c1. The highest BCUT2D eigenvalue weighted by atomic mass is 32.1. The Morgan fingerprint density at radius 2 is 1.97 bits per heavy atom. The van der Waals surface area contributed by atoms with Gasteiger partial charge in [0, 0.05) is 18.0 Å². The highest BCUT2D eigenvalue weighted by molar-refractivity contribution is 7.17. The molecule has 1 aromatic carbocycles. The van der Waals surface area contributed by atoms with Crippen molar-refractivity contribution in [2.45, 2.75) is 25.8 Å². The first kappa shape index (κ1) is 20.7. The summed E-state index contributed by atoms with van der Waals surface area (Å²) in [6, 6.07) is 8.27. The van der Waals surface area contributed by atoms with Gasteiger partial charge in [0.05, 0.1) is 30.4 Å². The number of anilines is 4. The zero-order valence-electron chi connectivity index (χ0n) is 18.5. The monoisotopic (exact) mass is 449 g/mol. The summed E-state index contributed by atoms with van der Waals surface area (Å²) < 4.78 is 7.42. The number of benzene rings is 1. The topological polar surface area (TPSA) is 80.1 Å². The molecule has 3 aromatic heterocycles. The van der Waals surface area contributed by atoms with E-state index in [0.717, 1.165) is 64.7 Å². The van der Waals surface area contributed by atoms with Crippen molar-refractivity contribution in [1.29, 1.82) is 0 Å². The molecule has 0 unspecified atom stereocenters. The molecule has 8 nitrogen and oxygen atoms in total. The van der Waals surface area contributed by atoms with Crippen LogP contribution in [0.2, 0.25) is 0 Å². The van der Waals surface area contributed by atoms with Crippen molar-refractivity contribution in [3.8, 4) is 5.75 Å². The second-order valence-corrected chi connectivity index (χ2v) is 9.08. The van der Waals surface area contributed by atoms with Gasteiger partial charge in [-0.3, -0.25) is 4.68 Å². The van der Waals surface area contributed by atoms with Gasteiger partial charge in [-0.25, -0.2) is 4.98 Å². The summed E-state index contributed by atoms with van der Waals surface area (Å²) >= 11 is 1.62. The van der Waals surface area contributed by atoms with Gasteiger partial charge in [-0.2, -0.15) is 10.1 Å². The van der Waals surface area contributed by atoms with E-state index in [-0.39, 0.29) is 0 Å². The lowest BCUT2D eigenvalue weighted by Crippen LogP contribution is -2.31. The minimum atomic E-state index is 0.440. The van der Waals surface area contributed by atoms with E-state index < -0.39 is 0 Å². The molecular weight excluding hydrogens is 422 g/mol. The predicted molar refractivity (Wildman–Crippen MR) is 130 cm³/mol. The van der Waals surface area contributed by atoms with Crippen LogP contribution in [-0.4, -0.2) is 51.9 Å². The lowest BCUT2D eigenvalue weighted by molar-refractivity contribution is 0.212. The van der Waals surface area contributed by atoms with E-state index in [1.165, 1.54) is 0 Å². The fraction of sp³-hybridized carbons (Fsp3) is 0.348. The van der Waals surface area contributed by atoms with Crippen LogP contribution in [0.4, 0.5) is 23.1 Å². The van der Waals surface area contributed by atoms with Crippen LogP contribution in [-0.2, 0) is 0 Å². The third kappa shape index (κ3) is 4.26. The number of hydrogen-bond acceptors (Lipinski definition) is 8. The van der Waals surface area contributed by atoms with Gasteiger partial charge in [0.1, 0.15) is 16.4 Å². The number of ether oxygens (including phenoxy) is 1. The Hall–Kier alpha value is -3.17. The largest absolute Gasteiger partial charge is 0.497 e. The van der Waals surface area contributed by atoms with E-state index in [1.54, 1.807) is 18.4 Å². The Morgan fingerprint density at radius 3 is 2.78 bits per heavy atom. The molecule has 1 aliphatic heterocycles. The van der Waals surface area contributed by atoms with Gasteiger partial charge in [-0.15, -0.1) is 11.3 Å². The van der Waals surface area contributed by atoms with Crippen LogP contribution in [0.5, 0.6) is 5.75 Å². The lowest BCUT2D eigenvalue weighted by atomic mass is 10.1. The zero-order chi connectivity index (χ0) is 22.1. The first-order valence-corrected chi connectivity index (χ1v) is 11.6. The fourth-order valence-electron chi connectivity index (χ4n) is 4.06. The van der Waals surface area contributed by atoms with Gasteiger partial charge in [0.2, 0.25) is 5.95 Å². The number of likely N-dealkylation sites (tertiary alicyclic amines) is 1. The molecule has 4 aromatic rings. The standard InChI is InChI=1S/C23H27N7OS/c1-15-14-32-22-20(15)21(25-16-5-4-6-19(11-16)31-3)27-23(28-22)26-17-12-24-30(13-17)18-7-9-29(2)10-8-18/h4-6,11-14,18H,7-10H2,1-3H3,(H2,25,26,27,28). The summed E-state index contributed by atoms with van der Waals surface area (Å²) in [5, 5.41) is 14.5. The maximum atomic E-state index is 5.35. The number of rotatable bonds is 6. The summed E-state index contributed by atoms with van der Waals surface area (Å²) in [7, 11) is 3.84. The second kappa shape index (κ2) is 8.76. The number of piperidine rings is 1. The number of fused-ring (bicyclic) bond motifs is 1. The first-order chi connectivity index (χ1) is 15.6. The fourth-order valence-corrected chi connectivity index (χ4v) is 4.98. The van der Waals surface area contributed by atoms with Crippen LogP contribution in [0, 0.1) is 6.92 Å². The molecular formula is C23H27N7OS. The number of thiophene rings is 1. The molecule has 1 fully saturated rings. The molecule has 4 heterocycles. The maximum absolute atomic E-state index is 5.35. The molecule has 0 bridgehead atoms. The van der Waals surface area contributed by atoms with Crippen molar-refractivity contribution in [2.75, 3.05) is 37.9 Å². The Balaban J connectivity index is 1.41. The van der Waals surface area contributed by atoms with Crippen LogP contribution in [0.1, 0.15) is 24.4 Å². The molecule has 1 saturated heterocycles. The minimum Gasteiger partial charge on any atom is -0.497 e. The average molecular weight is 450 g/mol. The van der Waals surface area contributed by atoms with Gasteiger partial charge >= 0.3 is 0 Å². The summed E-state index contributed by atoms with van der Waals surface area (Å²) in [4.78, 5) is 12.8. The molecule has 0 atom stereocenters. The molecule has 166 valence electrons. The Kier molecular flexibility index (Phi) is 5.67. The highest BCUT2D eigenvalue weighted by Gasteiger charge is 2.19. The third-order valence-corrected chi connectivity index (χ3v) is 6.86. The van der Waals surface area contributed by atoms with Crippen molar-refractivity contribution >= 4 is 44.7 Å². The smallest absolute Gasteiger partial charge is 0.230 e. The normalized spacial score (nSPS) is 15.2. The minimum absolute atomic E-state index is 0.440. The molecule has 9 heteroatoms. The van der Waals surface area contributed by atoms with Crippen LogP contribution >= 0.6 is 11.3 Å². The average Bonchev–Trinajstić information content (AvgIpc) is 3.41. The van der Waals surface area contributed by atoms with E-state index in [4.69, 9.17) is 14.7 Å². The Bertz CT molecular complexity index is 1230. The molecule has 0 spiro atoms. The van der Waals surface area contributed by atoms with Gasteiger partial charge in [0.15, 0.2) is 0 Å². The number of aromatic nitrogens is 4. The Morgan fingerprint density at radius 1 is 1.12 bits per heavy atom. The Labute approximate surface area is 191 Å². The zero-order valence-corrected chi connectivity index (χ0v) is 19.3. The van der Waals surface area contributed by atoms with Gasteiger partial charge in [0.25, 0.3) is 0 Å². The summed E-state index contributed by atoms with van der Waals surface area (Å²) in [5.74, 6) is 2.11. The van der Waals surface area contributed by atoms with Crippen molar-refractivity contribution in [1.82, 2.24) is 24.6 Å². The number of hydrogen-bond donors (Lipinski definition) is 2. The molecule has 0 aliphatic carbocycles. The number of nitrogens with zero attached hydrogens (tertiary/aromatic N) is 5. The number of nitrogens with one attached hydrogen (secondary N) is 2. The van der Waals surface area contributed by atoms with Crippen molar-refractivity contribution < 1.29 is 4.74 Å². The molecule has 5 rings (SSSR count). The van der Waals surface area contributed by atoms with Gasteiger partial charge in [-0.05, 0) is 63.0 Å². The molecule has 0 radical (unpaired) electrons. The van der Waals surface area contributed by atoms with E-state index in [9.17, 15) is 0 Å². The van der Waals surface area contributed by atoms with Gasteiger partial charge in [-0.1, -0.05) is 6.07 Å². The van der Waals surface area contributed by atoms with Gasteiger partial charge < -0.3 is 20.3 Å². The second-order valence-electron chi connectivity index (χ2n) is 8.22. The van der Waals surface area contributed by atoms with Crippen molar-refractivity contribution in [3.05, 3.63) is 47.6 Å². The first-order valence-electron chi connectivity index (χ1n) is 10.8. The maximum Gasteiger partial charge on any atom is 0.230 e. The molecule has 0 saturated carbocycles. The van der Waals surface area contributed by atoms with E-state index in [2.05, 4.69) is 50.9 Å². The number of aryl methyl sites for hydroxylation is 1. The van der Waals surface area contributed by atoms with Crippen LogP contribution in [0.3, 0.4) is 0 Å². The number of methoxy groups -OCH3 is 1. The van der Waals surface area contributed by atoms with E-state index in [1.807, 2.05) is 30.5 Å². The van der Waals surface area contributed by atoms with Crippen molar-refractivity contribution in [2.24, 2.45) is 0 Å². The summed E-state index contributed by atoms with van der Waals surface area (Å²) in [5.41, 5.74) is 2.96. The summed E-state index contributed by atoms with van der Waals surface area (Å²) in [6.07, 6.45) is 6.13. The third-order valence-electron chi connectivity index (χ3n) is 5.87. The predicted octanol–water partition coefficient (Wildman–Crippen LogP) is 4.96.